The molecule has 6 nitrogen and oxygen atoms in total. The first-order chi connectivity index (χ1) is 14.7. The molecule has 0 N–H and O–H groups in total. The van der Waals surface area contributed by atoms with E-state index < -0.39 is 5.41 Å². The number of aromatic nitrogens is 2. The van der Waals surface area contributed by atoms with E-state index in [1.165, 1.54) is 0 Å². The molecule has 0 spiro atoms. The summed E-state index contributed by atoms with van der Waals surface area (Å²) < 4.78 is 6.92. The van der Waals surface area contributed by atoms with E-state index in [9.17, 15) is 9.59 Å². The Hall–Kier alpha value is -2.63. The van der Waals surface area contributed by atoms with E-state index in [4.69, 9.17) is 4.74 Å². The summed E-state index contributed by atoms with van der Waals surface area (Å²) in [5.74, 6) is 0.543. The number of fused-ring (bicyclic) bond motifs is 1. The number of hydrogen-bond acceptors (Lipinski definition) is 4. The standard InChI is InChI=1S/C26H39N3O3/c1-18(2)12-14-28(15-13-25(3,4)5)22(30)17-29-21-16-19(32-9)10-11-20(21)27-23(24(29)31)26(6,7)8/h10-12,16H,13-15,17H2,1-9H3. The van der Waals surface area contributed by atoms with Crippen molar-refractivity contribution in [3.8, 4) is 5.75 Å². The van der Waals surface area contributed by atoms with Crippen LogP contribution in [0.2, 0.25) is 0 Å². The third-order valence-electron chi connectivity index (χ3n) is 5.36. The summed E-state index contributed by atoms with van der Waals surface area (Å²) in [6, 6.07) is 5.44. The van der Waals surface area contributed by atoms with Crippen molar-refractivity contribution in [3.05, 3.63) is 45.9 Å². The molecule has 0 bridgehead atoms. The van der Waals surface area contributed by atoms with Crippen LogP contribution >= 0.6 is 0 Å². The fourth-order valence-electron chi connectivity index (χ4n) is 3.31. The number of allylic oxidation sites excluding steroid dienone is 1. The zero-order chi connectivity index (χ0) is 24.3. The molecular weight excluding hydrogens is 402 g/mol. The maximum Gasteiger partial charge on any atom is 0.273 e. The van der Waals surface area contributed by atoms with E-state index in [-0.39, 0.29) is 23.4 Å². The molecule has 1 heterocycles. The van der Waals surface area contributed by atoms with Gasteiger partial charge >= 0.3 is 0 Å². The lowest BCUT2D eigenvalue weighted by Crippen LogP contribution is -2.40. The van der Waals surface area contributed by atoms with Gasteiger partial charge in [0.1, 0.15) is 18.0 Å². The largest absolute Gasteiger partial charge is 0.497 e. The number of hydrogen-bond donors (Lipinski definition) is 0. The molecule has 0 atom stereocenters. The van der Waals surface area contributed by atoms with E-state index in [0.717, 1.165) is 12.0 Å². The predicted octanol–water partition coefficient (Wildman–Crippen LogP) is 4.93. The van der Waals surface area contributed by atoms with Crippen LogP contribution in [-0.4, -0.2) is 40.6 Å². The summed E-state index contributed by atoms with van der Waals surface area (Å²) in [6.45, 7) is 17.6. The zero-order valence-electron chi connectivity index (χ0n) is 21.2. The van der Waals surface area contributed by atoms with Crippen LogP contribution in [0.1, 0.15) is 67.5 Å². The molecule has 6 heteroatoms. The van der Waals surface area contributed by atoms with Crippen molar-refractivity contribution < 1.29 is 9.53 Å². The molecular formula is C26H39N3O3. The highest BCUT2D eigenvalue weighted by atomic mass is 16.5. The van der Waals surface area contributed by atoms with Crippen LogP contribution in [0.25, 0.3) is 11.0 Å². The molecule has 0 aliphatic rings. The minimum atomic E-state index is -0.440. The molecule has 176 valence electrons. The van der Waals surface area contributed by atoms with Crippen molar-refractivity contribution in [2.75, 3.05) is 20.2 Å². The van der Waals surface area contributed by atoms with Crippen LogP contribution < -0.4 is 10.3 Å². The van der Waals surface area contributed by atoms with Gasteiger partial charge in [-0.3, -0.25) is 14.2 Å². The SMILES string of the molecule is COc1ccc2nc(C(C)(C)C)c(=O)n(CC(=O)N(CC=C(C)C)CCC(C)(C)C)c2c1. The molecule has 0 aliphatic carbocycles. The van der Waals surface area contributed by atoms with Crippen LogP contribution in [0.15, 0.2) is 34.6 Å². The molecule has 2 rings (SSSR count). The normalized spacial score (nSPS) is 12.0. The second kappa shape index (κ2) is 9.88. The number of carbonyl (C=O) groups excluding carboxylic acids is 1. The summed E-state index contributed by atoms with van der Waals surface area (Å²) in [5, 5.41) is 0. The lowest BCUT2D eigenvalue weighted by atomic mass is 9.92. The smallest absolute Gasteiger partial charge is 0.273 e. The Morgan fingerprint density at radius 1 is 1.16 bits per heavy atom. The van der Waals surface area contributed by atoms with Gasteiger partial charge < -0.3 is 9.64 Å². The van der Waals surface area contributed by atoms with Gasteiger partial charge in [0.2, 0.25) is 5.91 Å². The van der Waals surface area contributed by atoms with Gasteiger partial charge in [0.25, 0.3) is 5.56 Å². The van der Waals surface area contributed by atoms with Crippen LogP contribution in [-0.2, 0) is 16.8 Å². The third-order valence-corrected chi connectivity index (χ3v) is 5.36. The molecule has 2 aromatic rings. The van der Waals surface area contributed by atoms with Crippen molar-refractivity contribution in [2.24, 2.45) is 5.41 Å². The number of carbonyl (C=O) groups is 1. The zero-order valence-corrected chi connectivity index (χ0v) is 21.2. The fraction of sp³-hybridized carbons (Fsp3) is 0.577. The Balaban J connectivity index is 2.55. The molecule has 1 amide bonds. The van der Waals surface area contributed by atoms with Crippen LogP contribution in [0, 0.1) is 5.41 Å². The van der Waals surface area contributed by atoms with Gasteiger partial charge in [0.15, 0.2) is 0 Å². The quantitative estimate of drug-likeness (QED) is 0.571. The monoisotopic (exact) mass is 441 g/mol. The summed E-state index contributed by atoms with van der Waals surface area (Å²) in [6.07, 6.45) is 2.93. The lowest BCUT2D eigenvalue weighted by Gasteiger charge is -2.27. The molecule has 32 heavy (non-hydrogen) atoms. The molecule has 1 aromatic carbocycles. The molecule has 0 radical (unpaired) electrons. The minimum absolute atomic E-state index is 0.0329. The van der Waals surface area contributed by atoms with Gasteiger partial charge in [-0.1, -0.05) is 53.2 Å². The average Bonchev–Trinajstić information content (AvgIpc) is 2.67. The molecule has 0 unspecified atom stereocenters. The van der Waals surface area contributed by atoms with Gasteiger partial charge in [-0.25, -0.2) is 4.98 Å². The number of amides is 1. The highest BCUT2D eigenvalue weighted by molar-refractivity contribution is 5.81. The number of benzene rings is 1. The van der Waals surface area contributed by atoms with Crippen molar-refractivity contribution in [1.82, 2.24) is 14.5 Å². The van der Waals surface area contributed by atoms with Crippen LogP contribution in [0.3, 0.4) is 0 Å². The van der Waals surface area contributed by atoms with E-state index in [1.807, 2.05) is 51.7 Å². The van der Waals surface area contributed by atoms with E-state index in [2.05, 4.69) is 31.8 Å². The third kappa shape index (κ3) is 6.68. The van der Waals surface area contributed by atoms with E-state index in [1.54, 1.807) is 17.7 Å². The summed E-state index contributed by atoms with van der Waals surface area (Å²) >= 11 is 0. The highest BCUT2D eigenvalue weighted by Crippen LogP contribution is 2.23. The number of ether oxygens (including phenoxy) is 1. The molecule has 1 aromatic heterocycles. The van der Waals surface area contributed by atoms with Gasteiger partial charge in [-0.15, -0.1) is 0 Å². The molecule has 0 saturated heterocycles. The summed E-state index contributed by atoms with van der Waals surface area (Å²) in [4.78, 5) is 33.4. The second-order valence-electron chi connectivity index (χ2n) is 10.9. The van der Waals surface area contributed by atoms with Crippen molar-refractivity contribution >= 4 is 16.9 Å². The van der Waals surface area contributed by atoms with Crippen LogP contribution in [0.4, 0.5) is 0 Å². The Morgan fingerprint density at radius 2 is 1.81 bits per heavy atom. The van der Waals surface area contributed by atoms with Crippen molar-refractivity contribution in [1.29, 1.82) is 0 Å². The minimum Gasteiger partial charge on any atom is -0.497 e. The first kappa shape index (κ1) is 25.6. The maximum atomic E-state index is 13.4. The van der Waals surface area contributed by atoms with Gasteiger partial charge in [-0.05, 0) is 37.8 Å². The number of methoxy groups -OCH3 is 1. The van der Waals surface area contributed by atoms with E-state index in [0.29, 0.717) is 35.6 Å². The van der Waals surface area contributed by atoms with Crippen molar-refractivity contribution in [2.45, 2.75) is 73.8 Å². The molecule has 0 fully saturated rings. The summed E-state index contributed by atoms with van der Waals surface area (Å²) in [7, 11) is 1.58. The number of rotatable bonds is 7. The topological polar surface area (TPSA) is 64.4 Å². The second-order valence-corrected chi connectivity index (χ2v) is 10.9. The van der Waals surface area contributed by atoms with Gasteiger partial charge in [0, 0.05) is 24.6 Å². The van der Waals surface area contributed by atoms with E-state index >= 15 is 0 Å². The Morgan fingerprint density at radius 3 is 2.34 bits per heavy atom. The van der Waals surface area contributed by atoms with Gasteiger partial charge in [0.05, 0.1) is 18.1 Å². The van der Waals surface area contributed by atoms with Crippen molar-refractivity contribution in [3.63, 3.8) is 0 Å². The van der Waals surface area contributed by atoms with Gasteiger partial charge in [-0.2, -0.15) is 0 Å². The average molecular weight is 442 g/mol. The summed E-state index contributed by atoms with van der Waals surface area (Å²) in [5.41, 5.74) is 2.32. The first-order valence-electron chi connectivity index (χ1n) is 11.2. The number of nitrogens with zero attached hydrogens (tertiary/aromatic N) is 3. The maximum absolute atomic E-state index is 13.4. The Labute approximate surface area is 192 Å². The highest BCUT2D eigenvalue weighted by Gasteiger charge is 2.25. The molecule has 0 aliphatic heterocycles. The van der Waals surface area contributed by atoms with Crippen LogP contribution in [0.5, 0.6) is 5.75 Å². The lowest BCUT2D eigenvalue weighted by molar-refractivity contribution is -0.131. The fourth-order valence-corrected chi connectivity index (χ4v) is 3.31. The Kier molecular flexibility index (Phi) is 7.92. The molecule has 0 saturated carbocycles. The predicted molar refractivity (Wildman–Crippen MR) is 131 cm³/mol. The first-order valence-corrected chi connectivity index (χ1v) is 11.2. The Bertz CT molecular complexity index is 1050.